The van der Waals surface area contributed by atoms with Crippen LogP contribution in [0.15, 0.2) is 59.8 Å². The molecule has 13 nitrogen and oxygen atoms in total. The summed E-state index contributed by atoms with van der Waals surface area (Å²) in [5.41, 5.74) is 0.420. The minimum atomic E-state index is -0.977. The van der Waals surface area contributed by atoms with Gasteiger partial charge in [-0.2, -0.15) is 4.68 Å². The predicted molar refractivity (Wildman–Crippen MR) is 114 cm³/mol. The second-order valence-electron chi connectivity index (χ2n) is 7.00. The molecule has 0 saturated heterocycles. The molecule has 0 bridgehead atoms. The molecule has 13 heteroatoms. The van der Waals surface area contributed by atoms with Crippen LogP contribution in [-0.2, 0) is 14.3 Å². The van der Waals surface area contributed by atoms with E-state index in [-0.39, 0.29) is 34.0 Å². The normalized spacial score (nSPS) is 14.6. The maximum atomic E-state index is 13.6. The van der Waals surface area contributed by atoms with Crippen molar-refractivity contribution in [3.8, 4) is 0 Å². The SMILES string of the molecule is COC(=O)C1=C(C(=O)c2ccc([N+](=O)[O-])cc2)[C@@H](c2ccc(C(=O)OC)cc2)n2nnnc2N1. The number of rotatable bonds is 6. The lowest BCUT2D eigenvalue weighted by atomic mass is 9.89. The largest absolute Gasteiger partial charge is 0.465 e. The molecule has 0 spiro atoms. The van der Waals surface area contributed by atoms with Crippen molar-refractivity contribution < 1.29 is 28.8 Å². The third kappa shape index (κ3) is 3.85. The van der Waals surface area contributed by atoms with E-state index in [2.05, 4.69) is 20.8 Å². The average Bonchev–Trinajstić information content (AvgIpc) is 3.34. The number of ketones is 1. The maximum absolute atomic E-state index is 13.6. The number of hydrogen-bond acceptors (Lipinski definition) is 11. The Bertz CT molecular complexity index is 1330. The van der Waals surface area contributed by atoms with Crippen LogP contribution in [0.4, 0.5) is 11.6 Å². The number of non-ortho nitro benzene ring substituents is 1. The number of aromatic nitrogens is 4. The van der Waals surface area contributed by atoms with Gasteiger partial charge in [0.1, 0.15) is 11.7 Å². The number of nitro groups is 1. The zero-order valence-electron chi connectivity index (χ0n) is 17.8. The van der Waals surface area contributed by atoms with E-state index in [1.54, 1.807) is 12.1 Å². The van der Waals surface area contributed by atoms with Crippen LogP contribution in [0, 0.1) is 10.1 Å². The van der Waals surface area contributed by atoms with Gasteiger partial charge in [-0.15, -0.1) is 0 Å². The number of carbonyl (C=O) groups excluding carboxylic acids is 3. The van der Waals surface area contributed by atoms with Gasteiger partial charge in [0, 0.05) is 17.7 Å². The number of benzene rings is 2. The van der Waals surface area contributed by atoms with E-state index in [1.165, 1.54) is 48.2 Å². The number of carbonyl (C=O) groups is 3. The molecular weight excluding hydrogens is 448 g/mol. The Kier molecular flexibility index (Phi) is 5.82. The van der Waals surface area contributed by atoms with Gasteiger partial charge in [-0.3, -0.25) is 14.9 Å². The zero-order valence-corrected chi connectivity index (χ0v) is 17.8. The Balaban J connectivity index is 1.88. The first kappa shape index (κ1) is 22.3. The van der Waals surface area contributed by atoms with Crippen LogP contribution >= 0.6 is 0 Å². The fourth-order valence-electron chi connectivity index (χ4n) is 3.51. The van der Waals surface area contributed by atoms with E-state index in [1.807, 2.05) is 0 Å². The van der Waals surface area contributed by atoms with Crippen LogP contribution in [-0.4, -0.2) is 57.1 Å². The third-order valence-corrected chi connectivity index (χ3v) is 5.14. The fourth-order valence-corrected chi connectivity index (χ4v) is 3.51. The van der Waals surface area contributed by atoms with Gasteiger partial charge in [0.15, 0.2) is 5.78 Å². The monoisotopic (exact) mass is 464 g/mol. The summed E-state index contributed by atoms with van der Waals surface area (Å²) >= 11 is 0. The Morgan fingerprint density at radius 1 is 0.971 bits per heavy atom. The molecule has 0 radical (unpaired) electrons. The summed E-state index contributed by atoms with van der Waals surface area (Å²) in [6.45, 7) is 0. The quantitative estimate of drug-likeness (QED) is 0.244. The lowest BCUT2D eigenvalue weighted by Crippen LogP contribution is -2.33. The third-order valence-electron chi connectivity index (χ3n) is 5.14. The van der Waals surface area contributed by atoms with Gasteiger partial charge in [0.2, 0.25) is 5.95 Å². The second-order valence-corrected chi connectivity index (χ2v) is 7.00. The maximum Gasteiger partial charge on any atom is 0.355 e. The fraction of sp³-hybridized carbons (Fsp3) is 0.143. The van der Waals surface area contributed by atoms with Crippen LogP contribution < -0.4 is 5.32 Å². The molecular formula is C21H16N6O7. The molecule has 0 saturated carbocycles. The predicted octanol–water partition coefficient (Wildman–Crippen LogP) is 1.69. The number of Topliss-reactive ketones (excluding diaryl/α,β-unsaturated/α-hetero) is 1. The zero-order chi connectivity index (χ0) is 24.4. The lowest BCUT2D eigenvalue weighted by Gasteiger charge is -2.28. The molecule has 0 fully saturated rings. The highest BCUT2D eigenvalue weighted by Gasteiger charge is 2.38. The first-order chi connectivity index (χ1) is 16.3. The van der Waals surface area contributed by atoms with E-state index in [0.29, 0.717) is 5.56 Å². The van der Waals surface area contributed by atoms with E-state index >= 15 is 0 Å². The van der Waals surface area contributed by atoms with Crippen molar-refractivity contribution in [3.63, 3.8) is 0 Å². The summed E-state index contributed by atoms with van der Waals surface area (Å²) in [6, 6.07) is 10.1. The van der Waals surface area contributed by atoms with Crippen molar-refractivity contribution in [1.29, 1.82) is 0 Å². The topological polar surface area (TPSA) is 168 Å². The summed E-state index contributed by atoms with van der Waals surface area (Å²) < 4.78 is 10.9. The van der Waals surface area contributed by atoms with Crippen LogP contribution in [0.1, 0.15) is 32.3 Å². The molecule has 4 rings (SSSR count). The number of nitrogens with one attached hydrogen (secondary N) is 1. The minimum Gasteiger partial charge on any atom is -0.465 e. The Hall–Kier alpha value is -4.94. The molecule has 2 aromatic carbocycles. The van der Waals surface area contributed by atoms with Gasteiger partial charge < -0.3 is 14.8 Å². The number of methoxy groups -OCH3 is 2. The molecule has 0 aliphatic carbocycles. The number of fused-ring (bicyclic) bond motifs is 1. The van der Waals surface area contributed by atoms with Gasteiger partial charge in [-0.05, 0) is 40.3 Å². The number of nitrogens with zero attached hydrogens (tertiary/aromatic N) is 5. The number of anilines is 1. The van der Waals surface area contributed by atoms with E-state index < -0.39 is 28.7 Å². The molecule has 0 unspecified atom stereocenters. The first-order valence-corrected chi connectivity index (χ1v) is 9.70. The number of hydrogen-bond donors (Lipinski definition) is 1. The molecule has 1 atom stereocenters. The molecule has 34 heavy (non-hydrogen) atoms. The second kappa shape index (κ2) is 8.90. The van der Waals surface area contributed by atoms with Crippen molar-refractivity contribution in [3.05, 3.63) is 86.6 Å². The molecule has 1 aromatic heterocycles. The minimum absolute atomic E-state index is 0.0497. The summed E-state index contributed by atoms with van der Waals surface area (Å²) in [4.78, 5) is 48.5. The van der Waals surface area contributed by atoms with Gasteiger partial charge in [0.25, 0.3) is 5.69 Å². The van der Waals surface area contributed by atoms with Gasteiger partial charge in [0.05, 0.1) is 30.3 Å². The molecule has 1 N–H and O–H groups in total. The molecule has 3 aromatic rings. The highest BCUT2D eigenvalue weighted by atomic mass is 16.6. The number of nitro benzene ring substituents is 1. The van der Waals surface area contributed by atoms with E-state index in [9.17, 15) is 24.5 Å². The van der Waals surface area contributed by atoms with Crippen molar-refractivity contribution in [2.24, 2.45) is 0 Å². The van der Waals surface area contributed by atoms with E-state index in [0.717, 1.165) is 7.11 Å². The van der Waals surface area contributed by atoms with Gasteiger partial charge >= 0.3 is 11.9 Å². The number of esters is 2. The Labute approximate surface area is 191 Å². The van der Waals surface area contributed by atoms with Crippen LogP contribution in [0.5, 0.6) is 0 Å². The molecule has 1 aliphatic heterocycles. The van der Waals surface area contributed by atoms with E-state index in [4.69, 9.17) is 9.47 Å². The molecule has 172 valence electrons. The molecule has 0 amide bonds. The van der Waals surface area contributed by atoms with Crippen molar-refractivity contribution in [2.45, 2.75) is 6.04 Å². The van der Waals surface area contributed by atoms with Crippen molar-refractivity contribution in [1.82, 2.24) is 20.2 Å². The smallest absolute Gasteiger partial charge is 0.355 e. The summed E-state index contributed by atoms with van der Waals surface area (Å²) in [7, 11) is 2.41. The average molecular weight is 464 g/mol. The number of tetrazole rings is 1. The van der Waals surface area contributed by atoms with Gasteiger partial charge in [-0.1, -0.05) is 17.2 Å². The van der Waals surface area contributed by atoms with Crippen molar-refractivity contribution in [2.75, 3.05) is 19.5 Å². The first-order valence-electron chi connectivity index (χ1n) is 9.70. The summed E-state index contributed by atoms with van der Waals surface area (Å²) in [6.07, 6.45) is 0. The van der Waals surface area contributed by atoms with Crippen LogP contribution in [0.3, 0.4) is 0 Å². The Morgan fingerprint density at radius 3 is 2.18 bits per heavy atom. The highest BCUT2D eigenvalue weighted by molar-refractivity contribution is 6.15. The number of ether oxygens (including phenoxy) is 2. The summed E-state index contributed by atoms with van der Waals surface area (Å²) in [5.74, 6) is -1.91. The lowest BCUT2D eigenvalue weighted by molar-refractivity contribution is -0.384. The molecule has 1 aliphatic rings. The molecule has 2 heterocycles. The van der Waals surface area contributed by atoms with Crippen molar-refractivity contribution >= 4 is 29.4 Å². The van der Waals surface area contributed by atoms with Crippen LogP contribution in [0.2, 0.25) is 0 Å². The number of allylic oxidation sites excluding steroid dienone is 1. The highest BCUT2D eigenvalue weighted by Crippen LogP contribution is 2.37. The van der Waals surface area contributed by atoms with Gasteiger partial charge in [-0.25, -0.2) is 9.59 Å². The summed E-state index contributed by atoms with van der Waals surface area (Å²) in [5, 5.41) is 25.1. The Morgan fingerprint density at radius 2 is 1.59 bits per heavy atom. The van der Waals surface area contributed by atoms with Crippen LogP contribution in [0.25, 0.3) is 0 Å². The standard InChI is InChI=1S/C21H16N6O7/c1-33-19(29)13-5-3-11(4-6-13)17-15(18(28)12-7-9-14(10-8-12)27(31)32)16(20(30)34-2)22-21-23-24-25-26(17)21/h3-10,17H,1-2H3,(H,22,23,25)/t17-/m1/s1.